The summed E-state index contributed by atoms with van der Waals surface area (Å²) in [4.78, 5) is 16.1. The molecule has 2 unspecified atom stereocenters. The third-order valence-electron chi connectivity index (χ3n) is 6.70. The fraction of sp³-hybridized carbons (Fsp3) is 0.269. The van der Waals surface area contributed by atoms with Crippen LogP contribution < -0.4 is 15.0 Å². The number of halogens is 1. The molecule has 4 aromatic rings. The number of anilines is 1. The van der Waals surface area contributed by atoms with Gasteiger partial charge in [0.15, 0.2) is 5.82 Å². The first-order valence-corrected chi connectivity index (χ1v) is 11.2. The standard InChI is InChI=1S/C26H22FN5O2/c1-3-19-21(27)7-4-14-8-18(33)10-20(23(14)19)15-9-22-24(28-11-15)25(31-26(30-22)34-2)32-12-16-5-6-17(13-32)29-16/h1,4,7-11,16-17,29,33H,5-6,12-13H2,2H3. The maximum absolute atomic E-state index is 14.5. The molecule has 2 atom stereocenters. The van der Waals surface area contributed by atoms with E-state index in [1.165, 1.54) is 13.2 Å². The highest BCUT2D eigenvalue weighted by Gasteiger charge is 2.34. The molecule has 2 saturated heterocycles. The minimum Gasteiger partial charge on any atom is -0.508 e. The van der Waals surface area contributed by atoms with E-state index >= 15 is 0 Å². The van der Waals surface area contributed by atoms with Gasteiger partial charge in [-0.05, 0) is 48.1 Å². The van der Waals surface area contributed by atoms with Crippen LogP contribution in [0.1, 0.15) is 18.4 Å². The minimum absolute atomic E-state index is 0.0504. The number of ether oxygens (including phenoxy) is 1. The van der Waals surface area contributed by atoms with Crippen LogP contribution in [0.15, 0.2) is 36.5 Å². The molecule has 2 aromatic heterocycles. The number of fused-ring (bicyclic) bond motifs is 4. The second-order valence-electron chi connectivity index (χ2n) is 8.83. The van der Waals surface area contributed by atoms with Crippen molar-refractivity contribution >= 4 is 27.6 Å². The second-order valence-corrected chi connectivity index (χ2v) is 8.83. The summed E-state index contributed by atoms with van der Waals surface area (Å²) in [6.07, 6.45) is 9.64. The Hall–Kier alpha value is -3.96. The number of benzene rings is 2. The molecule has 4 heterocycles. The Morgan fingerprint density at radius 2 is 1.97 bits per heavy atom. The molecule has 8 heteroatoms. The van der Waals surface area contributed by atoms with Gasteiger partial charge in [-0.25, -0.2) is 4.39 Å². The summed E-state index contributed by atoms with van der Waals surface area (Å²) in [5.74, 6) is 2.75. The van der Waals surface area contributed by atoms with Crippen LogP contribution in [-0.4, -0.2) is 52.3 Å². The van der Waals surface area contributed by atoms with E-state index in [-0.39, 0.29) is 17.3 Å². The fourth-order valence-corrected chi connectivity index (χ4v) is 5.20. The van der Waals surface area contributed by atoms with Gasteiger partial charge in [0.2, 0.25) is 0 Å². The van der Waals surface area contributed by atoms with E-state index < -0.39 is 5.82 Å². The molecular weight excluding hydrogens is 433 g/mol. The monoisotopic (exact) mass is 455 g/mol. The lowest BCUT2D eigenvalue weighted by Crippen LogP contribution is -2.51. The number of hydrogen-bond acceptors (Lipinski definition) is 7. The second kappa shape index (κ2) is 7.82. The maximum atomic E-state index is 14.5. The summed E-state index contributed by atoms with van der Waals surface area (Å²) < 4.78 is 19.9. The third-order valence-corrected chi connectivity index (χ3v) is 6.70. The largest absolute Gasteiger partial charge is 0.508 e. The Labute approximate surface area is 195 Å². The van der Waals surface area contributed by atoms with Crippen molar-refractivity contribution in [1.29, 1.82) is 0 Å². The van der Waals surface area contributed by atoms with Crippen LogP contribution in [0.5, 0.6) is 11.8 Å². The Bertz CT molecular complexity index is 1490. The van der Waals surface area contributed by atoms with E-state index in [9.17, 15) is 9.50 Å². The molecule has 2 fully saturated rings. The first-order valence-electron chi connectivity index (χ1n) is 11.2. The van der Waals surface area contributed by atoms with Crippen LogP contribution in [-0.2, 0) is 0 Å². The summed E-state index contributed by atoms with van der Waals surface area (Å²) in [7, 11) is 1.54. The predicted molar refractivity (Wildman–Crippen MR) is 129 cm³/mol. The van der Waals surface area contributed by atoms with E-state index in [0.717, 1.165) is 31.7 Å². The summed E-state index contributed by atoms with van der Waals surface area (Å²) >= 11 is 0. The van der Waals surface area contributed by atoms with Gasteiger partial charge < -0.3 is 20.1 Å². The highest BCUT2D eigenvalue weighted by atomic mass is 19.1. The fourth-order valence-electron chi connectivity index (χ4n) is 5.20. The lowest BCUT2D eigenvalue weighted by Gasteiger charge is -2.34. The van der Waals surface area contributed by atoms with Crippen LogP contribution in [0.2, 0.25) is 0 Å². The number of methoxy groups -OCH3 is 1. The highest BCUT2D eigenvalue weighted by Crippen LogP contribution is 2.37. The molecule has 170 valence electrons. The van der Waals surface area contributed by atoms with Gasteiger partial charge in [0.1, 0.15) is 17.1 Å². The smallest absolute Gasteiger partial charge is 0.318 e. The quantitative estimate of drug-likeness (QED) is 0.457. The normalized spacial score (nSPS) is 19.5. The average Bonchev–Trinajstić information content (AvgIpc) is 3.19. The molecule has 2 bridgehead atoms. The van der Waals surface area contributed by atoms with E-state index in [4.69, 9.17) is 16.1 Å². The number of aromatic hydroxyl groups is 1. The third kappa shape index (κ3) is 3.28. The lowest BCUT2D eigenvalue weighted by atomic mass is 9.94. The molecule has 0 spiro atoms. The summed E-state index contributed by atoms with van der Waals surface area (Å²) in [5, 5.41) is 15.2. The molecule has 0 amide bonds. The SMILES string of the molecule is C#Cc1c(F)ccc2cc(O)cc(-c3cnc4c(N5CC6CCC(C5)N6)nc(OC)nc4c3)c12. The molecule has 6 rings (SSSR count). The molecule has 2 aliphatic rings. The molecule has 0 radical (unpaired) electrons. The predicted octanol–water partition coefficient (Wildman–Crippen LogP) is 3.62. The van der Waals surface area contributed by atoms with Crippen LogP contribution in [0.3, 0.4) is 0 Å². The van der Waals surface area contributed by atoms with Gasteiger partial charge in [-0.1, -0.05) is 12.0 Å². The first-order chi connectivity index (χ1) is 16.5. The summed E-state index contributed by atoms with van der Waals surface area (Å²) in [5.41, 5.74) is 2.64. The van der Waals surface area contributed by atoms with E-state index in [1.54, 1.807) is 24.4 Å². The molecule has 34 heavy (non-hydrogen) atoms. The van der Waals surface area contributed by atoms with Crippen molar-refractivity contribution in [3.63, 3.8) is 0 Å². The molecule has 2 aromatic carbocycles. The molecule has 0 aliphatic carbocycles. The van der Waals surface area contributed by atoms with Gasteiger partial charge >= 0.3 is 6.01 Å². The lowest BCUT2D eigenvalue weighted by molar-refractivity contribution is 0.380. The molecular formula is C26H22FN5O2. The van der Waals surface area contributed by atoms with Crippen molar-refractivity contribution in [3.8, 4) is 35.2 Å². The van der Waals surface area contributed by atoms with Crippen molar-refractivity contribution in [1.82, 2.24) is 20.3 Å². The molecule has 2 N–H and O–H groups in total. The number of nitrogens with zero attached hydrogens (tertiary/aromatic N) is 4. The van der Waals surface area contributed by atoms with Crippen LogP contribution in [0, 0.1) is 18.2 Å². The number of rotatable bonds is 3. The van der Waals surface area contributed by atoms with Crippen LogP contribution in [0.4, 0.5) is 10.2 Å². The summed E-state index contributed by atoms with van der Waals surface area (Å²) in [6, 6.07) is 9.02. The zero-order valence-corrected chi connectivity index (χ0v) is 18.5. The van der Waals surface area contributed by atoms with Crippen molar-refractivity contribution < 1.29 is 14.2 Å². The van der Waals surface area contributed by atoms with Gasteiger partial charge in [0.25, 0.3) is 0 Å². The van der Waals surface area contributed by atoms with Crippen molar-refractivity contribution in [2.24, 2.45) is 0 Å². The van der Waals surface area contributed by atoms with Crippen LogP contribution in [0.25, 0.3) is 32.9 Å². The van der Waals surface area contributed by atoms with Crippen LogP contribution >= 0.6 is 0 Å². The number of piperazine rings is 1. The number of hydrogen-bond donors (Lipinski definition) is 2. The van der Waals surface area contributed by atoms with Gasteiger partial charge in [-0.15, -0.1) is 6.42 Å². The molecule has 2 aliphatic heterocycles. The summed E-state index contributed by atoms with van der Waals surface area (Å²) in [6.45, 7) is 1.69. The maximum Gasteiger partial charge on any atom is 0.318 e. The topological polar surface area (TPSA) is 83.4 Å². The zero-order chi connectivity index (χ0) is 23.4. The molecule has 0 saturated carbocycles. The Kier molecular flexibility index (Phi) is 4.74. The van der Waals surface area contributed by atoms with E-state index in [1.807, 2.05) is 6.07 Å². The molecule has 7 nitrogen and oxygen atoms in total. The van der Waals surface area contributed by atoms with Crippen molar-refractivity contribution in [2.45, 2.75) is 24.9 Å². The number of terminal acetylenes is 1. The number of pyridine rings is 1. The number of aromatic nitrogens is 3. The van der Waals surface area contributed by atoms with E-state index in [0.29, 0.717) is 45.0 Å². The Balaban J connectivity index is 1.55. The van der Waals surface area contributed by atoms with Crippen molar-refractivity contribution in [3.05, 3.63) is 47.9 Å². The number of phenols is 1. The minimum atomic E-state index is -0.490. The van der Waals surface area contributed by atoms with Gasteiger partial charge in [-0.2, -0.15) is 9.97 Å². The zero-order valence-electron chi connectivity index (χ0n) is 18.5. The van der Waals surface area contributed by atoms with Gasteiger partial charge in [0.05, 0.1) is 18.2 Å². The highest BCUT2D eigenvalue weighted by molar-refractivity contribution is 6.03. The van der Waals surface area contributed by atoms with E-state index in [2.05, 4.69) is 26.1 Å². The average molecular weight is 455 g/mol. The first kappa shape index (κ1) is 20.6. The van der Waals surface area contributed by atoms with Crippen molar-refractivity contribution in [2.75, 3.05) is 25.1 Å². The van der Waals surface area contributed by atoms with Gasteiger partial charge in [0, 0.05) is 42.3 Å². The number of phenolic OH excluding ortho intramolecular Hbond substituents is 1. The Morgan fingerprint density at radius 1 is 1.18 bits per heavy atom. The Morgan fingerprint density at radius 3 is 2.71 bits per heavy atom. The van der Waals surface area contributed by atoms with Gasteiger partial charge in [-0.3, -0.25) is 4.98 Å². The number of nitrogens with one attached hydrogen (secondary N) is 1.